The summed E-state index contributed by atoms with van der Waals surface area (Å²) >= 11 is 0. The first-order valence-corrected chi connectivity index (χ1v) is 17.2. The van der Waals surface area contributed by atoms with Crippen LogP contribution in [0.15, 0.2) is 192 Å². The van der Waals surface area contributed by atoms with Crippen molar-refractivity contribution in [1.82, 2.24) is 24.1 Å². The first-order valence-electron chi connectivity index (χ1n) is 29.2. The van der Waals surface area contributed by atoms with Gasteiger partial charge in [0, 0.05) is 32.3 Å². The van der Waals surface area contributed by atoms with Gasteiger partial charge in [0.05, 0.1) is 60.5 Å². The van der Waals surface area contributed by atoms with Gasteiger partial charge in [-0.3, -0.25) is 9.13 Å². The second kappa shape index (κ2) is 12.3. The summed E-state index contributed by atoms with van der Waals surface area (Å²) in [6.07, 6.45) is 0. The van der Waals surface area contributed by atoms with Gasteiger partial charge in [0.2, 0.25) is 11.9 Å². The van der Waals surface area contributed by atoms with Crippen LogP contribution < -0.4 is 0 Å². The van der Waals surface area contributed by atoms with E-state index in [1.807, 2.05) is 0 Å². The van der Waals surface area contributed by atoms with Gasteiger partial charge in [0.1, 0.15) is 11.2 Å². The third-order valence-corrected chi connectivity index (χ3v) is 9.47. The number of benzene rings is 8. The van der Waals surface area contributed by atoms with Crippen molar-refractivity contribution in [2.75, 3.05) is 0 Å². The third-order valence-electron chi connectivity index (χ3n) is 9.47. The van der Waals surface area contributed by atoms with E-state index in [1.165, 1.54) is 6.07 Å². The number of hydrogen-bond acceptors (Lipinski definition) is 4. The fraction of sp³-hybridized carbons (Fsp3) is 0. The van der Waals surface area contributed by atoms with Gasteiger partial charge in [-0.25, -0.2) is 0 Å². The van der Waals surface area contributed by atoms with Gasteiger partial charge in [-0.1, -0.05) is 151 Å². The van der Waals surface area contributed by atoms with Crippen molar-refractivity contribution in [2.45, 2.75) is 0 Å². The van der Waals surface area contributed by atoms with Crippen molar-refractivity contribution < 1.29 is 37.3 Å². The van der Waals surface area contributed by atoms with E-state index in [1.54, 1.807) is 36.4 Å². The summed E-state index contributed by atoms with van der Waals surface area (Å²) in [5, 5.41) is -0.722. The molecule has 0 unspecified atom stereocenters. The third kappa shape index (κ3) is 4.87. The highest BCUT2D eigenvalue weighted by Gasteiger charge is 2.23. The zero-order chi connectivity index (χ0) is 58.3. The van der Waals surface area contributed by atoms with Crippen molar-refractivity contribution in [3.63, 3.8) is 0 Å². The van der Waals surface area contributed by atoms with Crippen LogP contribution in [0.4, 0.5) is 0 Å². The average molecular weight is 754 g/mol. The maximum absolute atomic E-state index is 9.94. The first-order chi connectivity index (χ1) is 38.3. The number of hydrogen-bond donors (Lipinski definition) is 0. The van der Waals surface area contributed by atoms with Gasteiger partial charge in [-0.15, -0.1) is 0 Å². The summed E-state index contributed by atoms with van der Waals surface area (Å²) in [5.41, 5.74) is -4.34. The maximum atomic E-state index is 9.94. The Labute approximate surface area is 360 Å². The van der Waals surface area contributed by atoms with E-state index in [0.717, 1.165) is 9.13 Å². The molecule has 0 aliphatic carbocycles. The van der Waals surface area contributed by atoms with Crippen LogP contribution in [-0.2, 0) is 0 Å². The Kier molecular flexibility index (Phi) is 3.49. The van der Waals surface area contributed by atoms with Crippen molar-refractivity contribution in [3.8, 4) is 45.5 Å². The predicted molar refractivity (Wildman–Crippen MR) is 232 cm³/mol. The molecule has 0 saturated heterocycles. The highest BCUT2D eigenvalue weighted by atomic mass is 16.3. The summed E-state index contributed by atoms with van der Waals surface area (Å²) in [6, 6.07) is -8.35. The second-order valence-electron chi connectivity index (χ2n) is 12.6. The fourth-order valence-corrected chi connectivity index (χ4v) is 7.02. The minimum Gasteiger partial charge on any atom is -0.455 e. The number of para-hydroxylation sites is 4. The molecule has 0 aliphatic heterocycles. The Hall–Kier alpha value is -7.83. The Balaban J connectivity index is 1.34. The molecule has 12 rings (SSSR count). The number of aromatic nitrogens is 5. The van der Waals surface area contributed by atoms with Gasteiger partial charge < -0.3 is 4.42 Å². The number of furan rings is 1. The lowest BCUT2D eigenvalue weighted by molar-refractivity contribution is 0.669. The molecule has 0 amide bonds. The molecule has 0 bridgehead atoms. The lowest BCUT2D eigenvalue weighted by Gasteiger charge is -2.13. The fourth-order valence-electron chi connectivity index (χ4n) is 7.02. The molecule has 57 heavy (non-hydrogen) atoms. The standard InChI is InChI=1S/C51H31N5O/c1-3-14-32(15-4-1)34-26-28-38-36-18-7-10-23-43(36)55(45(38)30-34)50-52-49(42-22-13-21-41-40-20-9-12-25-47(40)57-48(41)42)53-51(54-50)56-44-24-11-8-19-37(44)39-29-27-35(31-46(39)56)33-16-5-2-6-17-33/h1-31H/i1D,2D,3D,4D,5D,6D,7D,8D,10D,11D,14D,15D,16D,17D,18D,19D,23D,24D,26D,27D,28D,29D,30D,31D. The summed E-state index contributed by atoms with van der Waals surface area (Å²) in [5.74, 6) is -1.79. The van der Waals surface area contributed by atoms with E-state index in [9.17, 15) is 13.7 Å². The Morgan fingerprint density at radius 1 is 0.404 bits per heavy atom. The second-order valence-corrected chi connectivity index (χ2v) is 12.6. The van der Waals surface area contributed by atoms with Gasteiger partial charge in [-0.05, 0) is 58.6 Å². The van der Waals surface area contributed by atoms with Crippen LogP contribution in [-0.4, -0.2) is 24.1 Å². The molecule has 0 atom stereocenters. The summed E-state index contributed by atoms with van der Waals surface area (Å²) in [6.45, 7) is 0. The number of fused-ring (bicyclic) bond motifs is 9. The van der Waals surface area contributed by atoms with Crippen LogP contribution in [0.5, 0.6) is 0 Å². The normalized spacial score (nSPS) is 17.8. The maximum Gasteiger partial charge on any atom is 0.240 e. The molecular weight excluding hydrogens is 699 g/mol. The zero-order valence-electron chi connectivity index (χ0n) is 52.7. The topological polar surface area (TPSA) is 61.7 Å². The van der Waals surface area contributed by atoms with E-state index in [2.05, 4.69) is 0 Å². The van der Waals surface area contributed by atoms with E-state index in [0.29, 0.717) is 16.4 Å². The average Bonchev–Trinajstić information content (AvgIpc) is 4.38. The summed E-state index contributed by atoms with van der Waals surface area (Å²) in [7, 11) is 0. The molecule has 0 aliphatic rings. The quantitative estimate of drug-likeness (QED) is 0.176. The van der Waals surface area contributed by atoms with Crippen molar-refractivity contribution >= 4 is 65.6 Å². The smallest absolute Gasteiger partial charge is 0.240 e. The van der Waals surface area contributed by atoms with Gasteiger partial charge >= 0.3 is 0 Å². The monoisotopic (exact) mass is 753 g/mol. The van der Waals surface area contributed by atoms with Crippen molar-refractivity contribution in [3.05, 3.63) is 187 Å². The van der Waals surface area contributed by atoms with Crippen molar-refractivity contribution in [1.29, 1.82) is 0 Å². The molecule has 0 saturated carbocycles. The molecule has 0 radical (unpaired) electrons. The molecule has 4 heterocycles. The van der Waals surface area contributed by atoms with E-state index >= 15 is 0 Å². The van der Waals surface area contributed by atoms with Crippen LogP contribution in [0, 0.1) is 0 Å². The van der Waals surface area contributed by atoms with E-state index in [4.69, 9.17) is 38.6 Å². The Bertz CT molecular complexity index is 4650. The minimum atomic E-state index is -0.872. The summed E-state index contributed by atoms with van der Waals surface area (Å²) < 4.78 is 224. The number of nitrogens with zero attached hydrogens (tertiary/aromatic N) is 5. The van der Waals surface area contributed by atoms with Crippen LogP contribution in [0.25, 0.3) is 111 Å². The molecule has 266 valence electrons. The lowest BCUT2D eigenvalue weighted by atomic mass is 10.0. The molecule has 8 aromatic carbocycles. The molecule has 6 heteroatoms. The van der Waals surface area contributed by atoms with Crippen LogP contribution in [0.1, 0.15) is 32.9 Å². The van der Waals surface area contributed by atoms with Gasteiger partial charge in [0.15, 0.2) is 5.82 Å². The molecule has 4 aromatic heterocycles. The zero-order valence-corrected chi connectivity index (χ0v) is 28.7. The number of rotatable bonds is 5. The largest absolute Gasteiger partial charge is 0.455 e. The van der Waals surface area contributed by atoms with E-state index in [-0.39, 0.29) is 17.0 Å². The Morgan fingerprint density at radius 3 is 1.51 bits per heavy atom. The molecule has 0 N–H and O–H groups in total. The van der Waals surface area contributed by atoms with E-state index < -0.39 is 223 Å². The minimum absolute atomic E-state index is 0.0695. The highest BCUT2D eigenvalue weighted by Crippen LogP contribution is 2.39. The molecule has 12 aromatic rings. The van der Waals surface area contributed by atoms with Crippen molar-refractivity contribution in [2.24, 2.45) is 0 Å². The predicted octanol–water partition coefficient (Wildman–Crippen LogP) is 13.0. The first kappa shape index (κ1) is 16.1. The van der Waals surface area contributed by atoms with Gasteiger partial charge in [0.25, 0.3) is 0 Å². The molecular formula is C51H31N5O. The van der Waals surface area contributed by atoms with Crippen LogP contribution in [0.2, 0.25) is 0 Å². The molecule has 6 nitrogen and oxygen atoms in total. The molecule has 0 spiro atoms. The lowest BCUT2D eigenvalue weighted by Crippen LogP contribution is -2.10. The van der Waals surface area contributed by atoms with Gasteiger partial charge in [-0.2, -0.15) is 15.0 Å². The Morgan fingerprint density at radius 2 is 0.912 bits per heavy atom. The highest BCUT2D eigenvalue weighted by molar-refractivity contribution is 6.12. The molecule has 0 fully saturated rings. The summed E-state index contributed by atoms with van der Waals surface area (Å²) in [4.78, 5) is 14.5. The SMILES string of the molecule is [2H]c1c([2H])c([2H])c(-c2c([2H])c([2H])c3c4c([2H])c([2H])c([2H])c([2H])c4n(-c4nc(-c5cccc6c5oc5ccccc56)nc(-n5c6c([2H])c([2H])c([2H])c([2H])c6c6c([2H])c([2H])c(-c7c([2H])c([2H])c([2H])c([2H])c7[2H])c([2H])c65)n4)c3c2[2H])c([2H])c1[2H]. The van der Waals surface area contributed by atoms with Crippen LogP contribution in [0.3, 0.4) is 0 Å². The van der Waals surface area contributed by atoms with Crippen LogP contribution >= 0.6 is 0 Å².